The smallest absolute Gasteiger partial charge is 0.243 e. The molecule has 130 valence electrons. The average molecular weight is 348 g/mol. The van der Waals surface area contributed by atoms with Gasteiger partial charge in [0.05, 0.1) is 4.90 Å². The van der Waals surface area contributed by atoms with Crippen molar-refractivity contribution in [2.75, 3.05) is 24.5 Å². The fraction of sp³-hybridized carbons (Fsp3) is 0.611. The molecule has 3 aliphatic rings. The third-order valence-electron chi connectivity index (χ3n) is 5.88. The topological polar surface area (TPSA) is 57.7 Å². The van der Waals surface area contributed by atoms with Crippen LogP contribution in [0.1, 0.15) is 38.2 Å². The lowest BCUT2D eigenvalue weighted by molar-refractivity contribution is -0.116. The van der Waals surface area contributed by atoms with E-state index in [4.69, 9.17) is 0 Å². The molecule has 1 aromatic carbocycles. The molecule has 1 aliphatic carbocycles. The van der Waals surface area contributed by atoms with Gasteiger partial charge in [0, 0.05) is 32.2 Å². The lowest BCUT2D eigenvalue weighted by Crippen LogP contribution is -2.34. The SMILES string of the molecule is CC(=O)N1CCCc2cc(S(=O)(=O)N3CC4CCCC4C3)ccc21. The Balaban J connectivity index is 1.63. The van der Waals surface area contributed by atoms with E-state index < -0.39 is 10.0 Å². The Morgan fingerprint density at radius 3 is 2.50 bits per heavy atom. The summed E-state index contributed by atoms with van der Waals surface area (Å²) in [7, 11) is -3.42. The van der Waals surface area contributed by atoms with E-state index in [0.29, 0.717) is 36.4 Å². The minimum absolute atomic E-state index is 0.0129. The van der Waals surface area contributed by atoms with Gasteiger partial charge < -0.3 is 4.90 Å². The molecular formula is C18H24N2O3S. The van der Waals surface area contributed by atoms with Gasteiger partial charge in [-0.25, -0.2) is 8.42 Å². The molecule has 0 spiro atoms. The van der Waals surface area contributed by atoms with Crippen molar-refractivity contribution in [3.63, 3.8) is 0 Å². The van der Waals surface area contributed by atoms with E-state index in [2.05, 4.69) is 0 Å². The fourth-order valence-electron chi connectivity index (χ4n) is 4.60. The molecule has 0 bridgehead atoms. The standard InChI is InChI=1S/C18H24N2O3S/c1-13(21)20-9-3-6-14-10-17(7-8-18(14)20)24(22,23)19-11-15-4-2-5-16(15)12-19/h7-8,10,15-16H,2-6,9,11-12H2,1H3. The minimum Gasteiger partial charge on any atom is -0.312 e. The van der Waals surface area contributed by atoms with Gasteiger partial charge in [-0.1, -0.05) is 6.42 Å². The number of aryl methyl sites for hydroxylation is 1. The highest BCUT2D eigenvalue weighted by molar-refractivity contribution is 7.89. The number of hydrogen-bond acceptors (Lipinski definition) is 3. The van der Waals surface area contributed by atoms with E-state index in [1.54, 1.807) is 34.3 Å². The first-order chi connectivity index (χ1) is 11.5. The van der Waals surface area contributed by atoms with Crippen LogP contribution in [0.25, 0.3) is 0 Å². The molecule has 0 radical (unpaired) electrons. The first-order valence-corrected chi connectivity index (χ1v) is 10.3. The highest BCUT2D eigenvalue weighted by Gasteiger charge is 2.41. The molecule has 2 fully saturated rings. The number of amides is 1. The number of sulfonamides is 1. The maximum absolute atomic E-state index is 13.0. The Kier molecular flexibility index (Phi) is 3.92. The Hall–Kier alpha value is -1.40. The molecule has 4 rings (SSSR count). The largest absolute Gasteiger partial charge is 0.312 e. The number of carbonyl (C=O) groups is 1. The highest BCUT2D eigenvalue weighted by Crippen LogP contribution is 2.40. The first kappa shape index (κ1) is 16.1. The summed E-state index contributed by atoms with van der Waals surface area (Å²) in [5.41, 5.74) is 1.84. The van der Waals surface area contributed by atoms with Gasteiger partial charge in [0.25, 0.3) is 0 Å². The van der Waals surface area contributed by atoms with Gasteiger partial charge in [-0.2, -0.15) is 4.31 Å². The quantitative estimate of drug-likeness (QED) is 0.825. The Morgan fingerprint density at radius 1 is 1.12 bits per heavy atom. The van der Waals surface area contributed by atoms with E-state index in [1.807, 2.05) is 0 Å². The predicted molar refractivity (Wildman–Crippen MR) is 92.4 cm³/mol. The van der Waals surface area contributed by atoms with Crippen molar-refractivity contribution >= 4 is 21.6 Å². The predicted octanol–water partition coefficient (Wildman–Crippen LogP) is 2.41. The van der Waals surface area contributed by atoms with Crippen molar-refractivity contribution in [2.45, 2.75) is 43.9 Å². The molecule has 2 unspecified atom stereocenters. The average Bonchev–Trinajstić information content (AvgIpc) is 3.15. The third-order valence-corrected chi connectivity index (χ3v) is 7.71. The van der Waals surface area contributed by atoms with Crippen molar-refractivity contribution < 1.29 is 13.2 Å². The number of rotatable bonds is 2. The van der Waals surface area contributed by atoms with Gasteiger partial charge in [0.2, 0.25) is 15.9 Å². The number of nitrogens with zero attached hydrogens (tertiary/aromatic N) is 2. The molecule has 0 aromatic heterocycles. The molecule has 24 heavy (non-hydrogen) atoms. The summed E-state index contributed by atoms with van der Waals surface area (Å²) in [6, 6.07) is 5.26. The summed E-state index contributed by atoms with van der Waals surface area (Å²) in [4.78, 5) is 13.9. The van der Waals surface area contributed by atoms with Crippen LogP contribution in [-0.4, -0.2) is 38.3 Å². The minimum atomic E-state index is -3.42. The summed E-state index contributed by atoms with van der Waals surface area (Å²) in [5.74, 6) is 1.11. The van der Waals surface area contributed by atoms with Crippen LogP contribution < -0.4 is 4.90 Å². The van der Waals surface area contributed by atoms with Crippen LogP contribution in [0.5, 0.6) is 0 Å². The normalized spacial score (nSPS) is 27.1. The third kappa shape index (κ3) is 2.56. The van der Waals surface area contributed by atoms with Crippen molar-refractivity contribution in [1.29, 1.82) is 0 Å². The number of fused-ring (bicyclic) bond motifs is 2. The van der Waals surface area contributed by atoms with Gasteiger partial charge in [-0.3, -0.25) is 4.79 Å². The van der Waals surface area contributed by atoms with Crippen LogP contribution in [0.2, 0.25) is 0 Å². The van der Waals surface area contributed by atoms with Gasteiger partial charge in [-0.05, 0) is 61.3 Å². The second-order valence-corrected chi connectivity index (χ2v) is 9.28. The van der Waals surface area contributed by atoms with Crippen molar-refractivity contribution in [2.24, 2.45) is 11.8 Å². The number of benzene rings is 1. The molecule has 2 heterocycles. The monoisotopic (exact) mass is 348 g/mol. The van der Waals surface area contributed by atoms with Gasteiger partial charge in [-0.15, -0.1) is 0 Å². The van der Waals surface area contributed by atoms with Crippen LogP contribution in [0.4, 0.5) is 5.69 Å². The Morgan fingerprint density at radius 2 is 1.83 bits per heavy atom. The van der Waals surface area contributed by atoms with Crippen LogP contribution in [0, 0.1) is 11.8 Å². The second-order valence-electron chi connectivity index (χ2n) is 7.34. The molecule has 1 saturated carbocycles. The molecular weight excluding hydrogens is 324 g/mol. The van der Waals surface area contributed by atoms with Crippen LogP contribution in [-0.2, 0) is 21.2 Å². The van der Waals surface area contributed by atoms with E-state index in [9.17, 15) is 13.2 Å². The van der Waals surface area contributed by atoms with Crippen molar-refractivity contribution in [3.8, 4) is 0 Å². The Labute approximate surface area is 143 Å². The van der Waals surface area contributed by atoms with E-state index in [0.717, 1.165) is 36.9 Å². The maximum Gasteiger partial charge on any atom is 0.243 e. The molecule has 5 nitrogen and oxygen atoms in total. The van der Waals surface area contributed by atoms with E-state index in [-0.39, 0.29) is 5.91 Å². The maximum atomic E-state index is 13.0. The summed E-state index contributed by atoms with van der Waals surface area (Å²) in [5, 5.41) is 0. The van der Waals surface area contributed by atoms with Crippen molar-refractivity contribution in [1.82, 2.24) is 4.31 Å². The fourth-order valence-corrected chi connectivity index (χ4v) is 6.20. The van der Waals surface area contributed by atoms with Crippen molar-refractivity contribution in [3.05, 3.63) is 23.8 Å². The van der Waals surface area contributed by atoms with E-state index >= 15 is 0 Å². The zero-order valence-corrected chi connectivity index (χ0v) is 14.9. The molecule has 0 N–H and O–H groups in total. The van der Waals surface area contributed by atoms with E-state index in [1.165, 1.54) is 6.42 Å². The molecule has 2 aliphatic heterocycles. The number of anilines is 1. The summed E-state index contributed by atoms with van der Waals surface area (Å²) in [6.07, 6.45) is 5.27. The first-order valence-electron chi connectivity index (χ1n) is 8.88. The number of hydrogen-bond donors (Lipinski definition) is 0. The van der Waals surface area contributed by atoms with Gasteiger partial charge in [0.15, 0.2) is 0 Å². The van der Waals surface area contributed by atoms with Crippen LogP contribution in [0.3, 0.4) is 0 Å². The zero-order chi connectivity index (χ0) is 16.9. The lowest BCUT2D eigenvalue weighted by Gasteiger charge is -2.29. The summed E-state index contributed by atoms with van der Waals surface area (Å²) >= 11 is 0. The van der Waals surface area contributed by atoms with Gasteiger partial charge in [0.1, 0.15) is 0 Å². The zero-order valence-electron chi connectivity index (χ0n) is 14.1. The molecule has 1 amide bonds. The molecule has 6 heteroatoms. The molecule has 1 aromatic rings. The summed E-state index contributed by atoms with van der Waals surface area (Å²) in [6.45, 7) is 3.61. The lowest BCUT2D eigenvalue weighted by atomic mass is 10.0. The van der Waals surface area contributed by atoms with Crippen LogP contribution >= 0.6 is 0 Å². The Bertz CT molecular complexity index is 762. The molecule has 2 atom stereocenters. The van der Waals surface area contributed by atoms with Gasteiger partial charge >= 0.3 is 0 Å². The summed E-state index contributed by atoms with van der Waals surface area (Å²) < 4.78 is 27.7. The second kappa shape index (κ2) is 5.85. The number of carbonyl (C=O) groups excluding carboxylic acids is 1. The molecule has 1 saturated heterocycles. The van der Waals surface area contributed by atoms with Crippen LogP contribution in [0.15, 0.2) is 23.1 Å². The highest BCUT2D eigenvalue weighted by atomic mass is 32.2.